The van der Waals surface area contributed by atoms with E-state index in [0.29, 0.717) is 6.61 Å². The van der Waals surface area contributed by atoms with E-state index in [1.807, 2.05) is 0 Å². The summed E-state index contributed by atoms with van der Waals surface area (Å²) in [4.78, 5) is 21.6. The van der Waals surface area contributed by atoms with Crippen LogP contribution in [0.5, 0.6) is 0 Å². The monoisotopic (exact) mass is 282 g/mol. The Hall–Kier alpha value is -1.50. The van der Waals surface area contributed by atoms with Gasteiger partial charge in [0.25, 0.3) is 0 Å². The van der Waals surface area contributed by atoms with Gasteiger partial charge in [-0.2, -0.15) is 0 Å². The Labute approximate surface area is 122 Å². The van der Waals surface area contributed by atoms with Crippen LogP contribution in [0.1, 0.15) is 65.2 Å². The fourth-order valence-electron chi connectivity index (χ4n) is 1.62. The molecule has 4 heteroatoms. The van der Waals surface area contributed by atoms with E-state index in [4.69, 9.17) is 4.74 Å². The van der Waals surface area contributed by atoms with Crippen molar-refractivity contribution >= 4 is 11.9 Å². The van der Waals surface area contributed by atoms with Crippen molar-refractivity contribution in [1.29, 1.82) is 0 Å². The van der Waals surface area contributed by atoms with Crippen LogP contribution < -0.4 is 0 Å². The van der Waals surface area contributed by atoms with E-state index in [1.54, 1.807) is 0 Å². The molecule has 0 amide bonds. The van der Waals surface area contributed by atoms with Crippen molar-refractivity contribution in [3.8, 4) is 11.8 Å². The van der Waals surface area contributed by atoms with E-state index < -0.39 is 11.9 Å². The number of rotatable bonds is 10. The third-order valence-electron chi connectivity index (χ3n) is 2.65. The van der Waals surface area contributed by atoms with Crippen molar-refractivity contribution < 1.29 is 19.1 Å². The highest BCUT2D eigenvalue weighted by atomic mass is 16.6. The lowest BCUT2D eigenvalue weighted by Crippen LogP contribution is -2.15. The molecule has 0 radical (unpaired) electrons. The van der Waals surface area contributed by atoms with Gasteiger partial charge in [0, 0.05) is 19.8 Å². The fourth-order valence-corrected chi connectivity index (χ4v) is 1.62. The van der Waals surface area contributed by atoms with Crippen LogP contribution in [0.2, 0.25) is 0 Å². The minimum Gasteiger partial charge on any atom is -0.463 e. The summed E-state index contributed by atoms with van der Waals surface area (Å²) < 4.78 is 9.46. The average Bonchev–Trinajstić information content (AvgIpc) is 2.42. The summed E-state index contributed by atoms with van der Waals surface area (Å²) in [6.07, 6.45) is 8.60. The maximum atomic E-state index is 11.1. The lowest BCUT2D eigenvalue weighted by atomic mass is 10.1. The summed E-state index contributed by atoms with van der Waals surface area (Å²) in [7, 11) is 0. The fraction of sp³-hybridized carbons (Fsp3) is 0.750. The number of hydrogen-bond acceptors (Lipinski definition) is 4. The zero-order valence-electron chi connectivity index (χ0n) is 12.7. The van der Waals surface area contributed by atoms with Gasteiger partial charge in [0.2, 0.25) is 0 Å². The molecule has 0 rings (SSSR count). The summed E-state index contributed by atoms with van der Waals surface area (Å²) >= 11 is 0. The molecule has 4 nitrogen and oxygen atoms in total. The molecule has 0 bridgehead atoms. The van der Waals surface area contributed by atoms with Crippen LogP contribution in [0.25, 0.3) is 0 Å². The normalized spacial score (nSPS) is 9.50. The summed E-state index contributed by atoms with van der Waals surface area (Å²) in [5.74, 6) is 5.26. The van der Waals surface area contributed by atoms with Gasteiger partial charge >= 0.3 is 11.9 Å². The van der Waals surface area contributed by atoms with E-state index in [0.717, 1.165) is 32.1 Å². The molecule has 0 aromatic rings. The number of carbonyl (C=O) groups excluding carboxylic acids is 2. The molecule has 0 fully saturated rings. The van der Waals surface area contributed by atoms with Crippen LogP contribution in [-0.4, -0.2) is 25.2 Å². The first-order valence-electron chi connectivity index (χ1n) is 7.41. The number of hydrogen-bond donors (Lipinski definition) is 0. The first-order chi connectivity index (χ1) is 9.66. The standard InChI is InChI=1S/C16H26O4/c1-3-4-5-6-7-8-9-10-11-12-13-19-16(18)14-20-15(2)17/h3,6-14H2,1-2H3. The first kappa shape index (κ1) is 18.5. The molecule has 114 valence electrons. The average molecular weight is 282 g/mol. The van der Waals surface area contributed by atoms with Crippen LogP contribution in [0, 0.1) is 11.8 Å². The SMILES string of the molecule is CCC#CCCCCCCCCOC(=O)COC(C)=O. The van der Waals surface area contributed by atoms with Crippen LogP contribution in [-0.2, 0) is 19.1 Å². The lowest BCUT2D eigenvalue weighted by molar-refractivity contribution is -0.157. The second-order valence-corrected chi connectivity index (χ2v) is 4.58. The van der Waals surface area contributed by atoms with Gasteiger partial charge in [-0.15, -0.1) is 11.8 Å². The van der Waals surface area contributed by atoms with Gasteiger partial charge in [0.05, 0.1) is 6.61 Å². The number of ether oxygens (including phenoxy) is 2. The molecule has 0 aliphatic rings. The van der Waals surface area contributed by atoms with Crippen molar-refractivity contribution in [1.82, 2.24) is 0 Å². The third-order valence-corrected chi connectivity index (χ3v) is 2.65. The maximum absolute atomic E-state index is 11.1. The quantitative estimate of drug-likeness (QED) is 0.351. The Bertz CT molecular complexity index is 325. The number of unbranched alkanes of at least 4 members (excludes halogenated alkanes) is 6. The highest BCUT2D eigenvalue weighted by Gasteiger charge is 2.04. The summed E-state index contributed by atoms with van der Waals surface area (Å²) in [6.45, 7) is 3.45. The minimum atomic E-state index is -0.477. The molecule has 0 aromatic carbocycles. The smallest absolute Gasteiger partial charge is 0.344 e. The third kappa shape index (κ3) is 14.6. The highest BCUT2D eigenvalue weighted by molar-refractivity contribution is 5.75. The van der Waals surface area contributed by atoms with Crippen LogP contribution >= 0.6 is 0 Å². The van der Waals surface area contributed by atoms with Gasteiger partial charge in [-0.25, -0.2) is 4.79 Å². The molecule has 0 aliphatic heterocycles. The van der Waals surface area contributed by atoms with Crippen LogP contribution in [0.3, 0.4) is 0 Å². The Morgan fingerprint density at radius 2 is 1.55 bits per heavy atom. The summed E-state index contributed by atoms with van der Waals surface area (Å²) in [5.41, 5.74) is 0. The predicted octanol–water partition coefficient (Wildman–Crippen LogP) is 3.24. The van der Waals surface area contributed by atoms with E-state index in [9.17, 15) is 9.59 Å². The van der Waals surface area contributed by atoms with Gasteiger partial charge in [-0.1, -0.05) is 32.6 Å². The molecule has 0 atom stereocenters. The molecule has 0 unspecified atom stereocenters. The van der Waals surface area contributed by atoms with Crippen LogP contribution in [0.15, 0.2) is 0 Å². The topological polar surface area (TPSA) is 52.6 Å². The van der Waals surface area contributed by atoms with Crippen molar-refractivity contribution in [2.24, 2.45) is 0 Å². The van der Waals surface area contributed by atoms with Crippen LogP contribution in [0.4, 0.5) is 0 Å². The van der Waals surface area contributed by atoms with Crippen molar-refractivity contribution in [2.45, 2.75) is 65.2 Å². The second kappa shape index (κ2) is 13.9. The lowest BCUT2D eigenvalue weighted by Gasteiger charge is -2.04. The minimum absolute atomic E-state index is 0.284. The largest absolute Gasteiger partial charge is 0.463 e. The van der Waals surface area contributed by atoms with E-state index >= 15 is 0 Å². The highest BCUT2D eigenvalue weighted by Crippen LogP contribution is 2.07. The molecule has 20 heavy (non-hydrogen) atoms. The molecule has 0 heterocycles. The molecule has 0 N–H and O–H groups in total. The van der Waals surface area contributed by atoms with Gasteiger partial charge in [-0.05, 0) is 12.8 Å². The molecule has 0 saturated carbocycles. The van der Waals surface area contributed by atoms with Crippen molar-refractivity contribution in [2.75, 3.05) is 13.2 Å². The molecule has 0 aromatic heterocycles. The van der Waals surface area contributed by atoms with Gasteiger partial charge in [0.15, 0.2) is 6.61 Å². The van der Waals surface area contributed by atoms with Gasteiger partial charge in [-0.3, -0.25) is 4.79 Å². The van der Waals surface area contributed by atoms with Gasteiger partial charge in [0.1, 0.15) is 0 Å². The maximum Gasteiger partial charge on any atom is 0.344 e. The summed E-state index contributed by atoms with van der Waals surface area (Å²) in [5, 5.41) is 0. The Morgan fingerprint density at radius 3 is 2.20 bits per heavy atom. The zero-order chi connectivity index (χ0) is 15.1. The van der Waals surface area contributed by atoms with E-state index in [-0.39, 0.29) is 6.61 Å². The molecule has 0 aliphatic carbocycles. The predicted molar refractivity (Wildman–Crippen MR) is 78.0 cm³/mol. The van der Waals surface area contributed by atoms with Gasteiger partial charge < -0.3 is 9.47 Å². The Morgan fingerprint density at radius 1 is 0.900 bits per heavy atom. The van der Waals surface area contributed by atoms with Crippen molar-refractivity contribution in [3.05, 3.63) is 0 Å². The van der Waals surface area contributed by atoms with E-state index in [2.05, 4.69) is 23.5 Å². The second-order valence-electron chi connectivity index (χ2n) is 4.58. The Kier molecular flexibility index (Phi) is 12.9. The Balaban J connectivity index is 3.20. The molecular formula is C16H26O4. The summed E-state index contributed by atoms with van der Waals surface area (Å²) in [6, 6.07) is 0. The van der Waals surface area contributed by atoms with E-state index in [1.165, 1.54) is 26.2 Å². The first-order valence-corrected chi connectivity index (χ1v) is 7.41. The molecule has 0 spiro atoms. The molecule has 0 saturated heterocycles. The number of esters is 2. The van der Waals surface area contributed by atoms with Crippen molar-refractivity contribution in [3.63, 3.8) is 0 Å². The number of carbonyl (C=O) groups is 2. The zero-order valence-corrected chi connectivity index (χ0v) is 12.7. The molecular weight excluding hydrogens is 256 g/mol.